The van der Waals surface area contributed by atoms with E-state index >= 15 is 0 Å². The van der Waals surface area contributed by atoms with Gasteiger partial charge in [0.2, 0.25) is 0 Å². The lowest BCUT2D eigenvalue weighted by Crippen LogP contribution is -2.30. The fourth-order valence-electron chi connectivity index (χ4n) is 1.36. The van der Waals surface area contributed by atoms with Crippen molar-refractivity contribution in [2.75, 3.05) is 24.0 Å². The molecule has 0 spiro atoms. The fraction of sp³-hybridized carbons (Fsp3) is 0.455. The molecule has 16 heavy (non-hydrogen) atoms. The maximum Gasteiger partial charge on any atom is 0.354 e. The Morgan fingerprint density at radius 1 is 1.69 bits per heavy atom. The minimum Gasteiger partial charge on any atom is -0.477 e. The molecular weight excluding hydrogens is 224 g/mol. The monoisotopic (exact) mass is 240 g/mol. The average Bonchev–Trinajstić information content (AvgIpc) is 2.28. The highest BCUT2D eigenvalue weighted by Gasteiger charge is 2.12. The number of hydrogen-bond acceptors (Lipinski definition) is 4. The zero-order chi connectivity index (χ0) is 12.1. The van der Waals surface area contributed by atoms with Crippen molar-refractivity contribution < 1.29 is 9.90 Å². The number of pyridine rings is 1. The number of hydrogen-bond donors (Lipinski definition) is 1. The summed E-state index contributed by atoms with van der Waals surface area (Å²) in [5, 5.41) is 8.85. The smallest absolute Gasteiger partial charge is 0.354 e. The Bertz CT molecular complexity index is 371. The van der Waals surface area contributed by atoms with Gasteiger partial charge < -0.3 is 10.0 Å². The second kappa shape index (κ2) is 5.75. The summed E-state index contributed by atoms with van der Waals surface area (Å²) in [5.74, 6) is 0.00841. The summed E-state index contributed by atoms with van der Waals surface area (Å²) < 4.78 is 0. The molecule has 88 valence electrons. The minimum absolute atomic E-state index is 0.0840. The predicted octanol–water partition coefficient (Wildman–Crippen LogP) is 1.97. The molecular formula is C11H16N2O2S. The van der Waals surface area contributed by atoms with Crippen LogP contribution in [-0.2, 0) is 0 Å². The summed E-state index contributed by atoms with van der Waals surface area (Å²) in [6.45, 7) is 2.11. The van der Waals surface area contributed by atoms with E-state index in [2.05, 4.69) is 23.1 Å². The van der Waals surface area contributed by atoms with E-state index in [-0.39, 0.29) is 5.69 Å². The van der Waals surface area contributed by atoms with Crippen molar-refractivity contribution in [2.24, 2.45) is 0 Å². The van der Waals surface area contributed by atoms with Gasteiger partial charge in [-0.05, 0) is 25.3 Å². The van der Waals surface area contributed by atoms with Crippen LogP contribution in [0.5, 0.6) is 0 Å². The summed E-state index contributed by atoms with van der Waals surface area (Å²) >= 11 is 1.77. The summed E-state index contributed by atoms with van der Waals surface area (Å²) in [5.41, 5.74) is 0.967. The van der Waals surface area contributed by atoms with Gasteiger partial charge in [-0.2, -0.15) is 11.8 Å². The van der Waals surface area contributed by atoms with Crippen LogP contribution < -0.4 is 4.90 Å². The van der Waals surface area contributed by atoms with E-state index in [0.29, 0.717) is 6.04 Å². The average molecular weight is 240 g/mol. The molecule has 0 radical (unpaired) electrons. The summed E-state index contributed by atoms with van der Waals surface area (Å²) in [7, 11) is 1.96. The van der Waals surface area contributed by atoms with Crippen LogP contribution in [0.4, 0.5) is 5.69 Å². The van der Waals surface area contributed by atoms with E-state index < -0.39 is 5.97 Å². The molecule has 0 fully saturated rings. The Balaban J connectivity index is 2.86. The molecule has 0 aliphatic rings. The van der Waals surface area contributed by atoms with Gasteiger partial charge in [0.25, 0.3) is 0 Å². The van der Waals surface area contributed by atoms with E-state index in [1.54, 1.807) is 17.8 Å². The van der Waals surface area contributed by atoms with Gasteiger partial charge in [-0.15, -0.1) is 0 Å². The van der Waals surface area contributed by atoms with Gasteiger partial charge in [-0.25, -0.2) is 9.78 Å². The van der Waals surface area contributed by atoms with Gasteiger partial charge in [-0.3, -0.25) is 0 Å². The first-order valence-corrected chi connectivity index (χ1v) is 6.36. The van der Waals surface area contributed by atoms with Gasteiger partial charge >= 0.3 is 5.97 Å². The van der Waals surface area contributed by atoms with Crippen molar-refractivity contribution >= 4 is 23.4 Å². The highest BCUT2D eigenvalue weighted by atomic mass is 32.2. The van der Waals surface area contributed by atoms with Crippen molar-refractivity contribution in [3.8, 4) is 0 Å². The van der Waals surface area contributed by atoms with Crippen LogP contribution in [0.25, 0.3) is 0 Å². The second-order valence-electron chi connectivity index (χ2n) is 3.62. The molecule has 1 aromatic heterocycles. The molecule has 1 unspecified atom stereocenters. The van der Waals surface area contributed by atoms with Crippen LogP contribution >= 0.6 is 11.8 Å². The highest BCUT2D eigenvalue weighted by molar-refractivity contribution is 7.98. The summed E-state index contributed by atoms with van der Waals surface area (Å²) in [6, 6.07) is 3.78. The molecule has 1 rings (SSSR count). The van der Waals surface area contributed by atoms with Crippen LogP contribution in [-0.4, -0.2) is 41.2 Å². The Hall–Kier alpha value is -1.23. The van der Waals surface area contributed by atoms with Gasteiger partial charge in [0.1, 0.15) is 5.69 Å². The number of carbonyl (C=O) groups is 1. The molecule has 0 saturated heterocycles. The van der Waals surface area contributed by atoms with Crippen LogP contribution in [0.15, 0.2) is 18.3 Å². The van der Waals surface area contributed by atoms with E-state index in [0.717, 1.165) is 11.4 Å². The first kappa shape index (κ1) is 12.8. The van der Waals surface area contributed by atoms with Crippen LogP contribution in [0.2, 0.25) is 0 Å². The number of carboxylic acid groups (broad SMARTS) is 1. The van der Waals surface area contributed by atoms with Gasteiger partial charge in [-0.1, -0.05) is 0 Å². The van der Waals surface area contributed by atoms with Crippen molar-refractivity contribution in [3.05, 3.63) is 24.0 Å². The maximum absolute atomic E-state index is 10.8. The molecule has 0 saturated carbocycles. The van der Waals surface area contributed by atoms with Crippen LogP contribution in [0.1, 0.15) is 17.4 Å². The highest BCUT2D eigenvalue weighted by Crippen LogP contribution is 2.17. The Morgan fingerprint density at radius 3 is 2.94 bits per heavy atom. The molecule has 0 aliphatic carbocycles. The third kappa shape index (κ3) is 3.13. The van der Waals surface area contributed by atoms with Crippen molar-refractivity contribution in [2.45, 2.75) is 13.0 Å². The minimum atomic E-state index is -0.993. The lowest BCUT2D eigenvalue weighted by molar-refractivity contribution is 0.0690. The topological polar surface area (TPSA) is 53.4 Å². The number of nitrogens with zero attached hydrogens (tertiary/aromatic N) is 2. The fourth-order valence-corrected chi connectivity index (χ4v) is 2.07. The van der Waals surface area contributed by atoms with Gasteiger partial charge in [0, 0.05) is 30.7 Å². The summed E-state index contributed by atoms with van der Waals surface area (Å²) in [4.78, 5) is 16.6. The molecule has 1 heterocycles. The summed E-state index contributed by atoms with van der Waals surface area (Å²) in [6.07, 6.45) is 3.58. The Morgan fingerprint density at radius 2 is 2.38 bits per heavy atom. The van der Waals surface area contributed by atoms with E-state index in [1.165, 1.54) is 6.20 Å². The lowest BCUT2D eigenvalue weighted by Gasteiger charge is -2.26. The molecule has 4 nitrogen and oxygen atoms in total. The number of anilines is 1. The predicted molar refractivity (Wildman–Crippen MR) is 67.4 cm³/mol. The first-order valence-electron chi connectivity index (χ1n) is 4.97. The van der Waals surface area contributed by atoms with E-state index in [4.69, 9.17) is 5.11 Å². The molecule has 1 aromatic rings. The largest absolute Gasteiger partial charge is 0.477 e. The molecule has 0 aromatic carbocycles. The normalized spacial score (nSPS) is 12.2. The second-order valence-corrected chi connectivity index (χ2v) is 4.53. The molecule has 1 atom stereocenters. The number of aromatic carboxylic acids is 1. The lowest BCUT2D eigenvalue weighted by atomic mass is 10.2. The third-order valence-corrected chi connectivity index (χ3v) is 3.25. The number of thioether (sulfide) groups is 1. The van der Waals surface area contributed by atoms with Gasteiger partial charge in [0.15, 0.2) is 0 Å². The Kier molecular flexibility index (Phi) is 4.61. The van der Waals surface area contributed by atoms with Crippen LogP contribution in [0, 0.1) is 0 Å². The first-order chi connectivity index (χ1) is 7.56. The molecule has 0 bridgehead atoms. The number of rotatable bonds is 5. The van der Waals surface area contributed by atoms with E-state index in [9.17, 15) is 4.79 Å². The zero-order valence-corrected chi connectivity index (χ0v) is 10.5. The molecule has 0 amide bonds. The standard InChI is InChI=1S/C11H16N2O2S/c1-8(7-16-3)13(2)9-4-5-12-10(6-9)11(14)15/h4-6,8H,7H2,1-3H3,(H,14,15). The Labute approximate surface area is 99.7 Å². The molecule has 0 aliphatic heterocycles. The SMILES string of the molecule is CSCC(C)N(C)c1ccnc(C(=O)O)c1. The van der Waals surface area contributed by atoms with Crippen molar-refractivity contribution in [1.82, 2.24) is 4.98 Å². The molecule has 5 heteroatoms. The zero-order valence-electron chi connectivity index (χ0n) is 9.67. The quantitative estimate of drug-likeness (QED) is 0.852. The third-order valence-electron chi connectivity index (χ3n) is 2.44. The van der Waals surface area contributed by atoms with E-state index in [1.807, 2.05) is 13.1 Å². The van der Waals surface area contributed by atoms with Crippen molar-refractivity contribution in [3.63, 3.8) is 0 Å². The number of carboxylic acids is 1. The van der Waals surface area contributed by atoms with Crippen molar-refractivity contribution in [1.29, 1.82) is 0 Å². The number of aromatic nitrogens is 1. The maximum atomic E-state index is 10.8. The van der Waals surface area contributed by atoms with Crippen LogP contribution in [0.3, 0.4) is 0 Å². The molecule has 1 N–H and O–H groups in total. The van der Waals surface area contributed by atoms with Gasteiger partial charge in [0.05, 0.1) is 0 Å².